The Bertz CT molecular complexity index is 993. The van der Waals surface area contributed by atoms with E-state index in [9.17, 15) is 9.59 Å². The first kappa shape index (κ1) is 21.4. The standard InChI is InChI=1S/C21H22N4O4S/c1-3-29-20(27)13-24(16-9-5-4-6-10-16)19(26)14-30-21-23-22-15-25(21)17-11-7-8-12-18(17)28-2/h4-12,15H,3,13-14H2,1-2H3. The predicted molar refractivity (Wildman–Crippen MR) is 114 cm³/mol. The van der Waals surface area contributed by atoms with E-state index in [1.54, 1.807) is 37.1 Å². The molecule has 0 bridgehead atoms. The number of methoxy groups -OCH3 is 1. The molecule has 30 heavy (non-hydrogen) atoms. The summed E-state index contributed by atoms with van der Waals surface area (Å²) in [6.07, 6.45) is 1.57. The van der Waals surface area contributed by atoms with Gasteiger partial charge in [0.2, 0.25) is 5.91 Å². The van der Waals surface area contributed by atoms with Crippen molar-refractivity contribution in [2.75, 3.05) is 30.9 Å². The number of aromatic nitrogens is 3. The SMILES string of the molecule is CCOC(=O)CN(C(=O)CSc1nncn1-c1ccccc1OC)c1ccccc1. The minimum atomic E-state index is -0.461. The molecular weight excluding hydrogens is 404 g/mol. The number of amides is 1. The first-order valence-corrected chi connectivity index (χ1v) is 10.3. The van der Waals surface area contributed by atoms with Gasteiger partial charge < -0.3 is 14.4 Å². The summed E-state index contributed by atoms with van der Waals surface area (Å²) in [6, 6.07) is 16.5. The molecule has 3 aromatic rings. The molecule has 0 aliphatic carbocycles. The lowest BCUT2D eigenvalue weighted by Crippen LogP contribution is -2.37. The van der Waals surface area contributed by atoms with Crippen molar-refractivity contribution in [2.45, 2.75) is 12.1 Å². The van der Waals surface area contributed by atoms with Crippen molar-refractivity contribution in [3.63, 3.8) is 0 Å². The van der Waals surface area contributed by atoms with E-state index in [2.05, 4.69) is 10.2 Å². The number of benzene rings is 2. The van der Waals surface area contributed by atoms with Crippen LogP contribution in [0, 0.1) is 0 Å². The number of esters is 1. The van der Waals surface area contributed by atoms with Crippen LogP contribution in [0.2, 0.25) is 0 Å². The third-order valence-electron chi connectivity index (χ3n) is 4.15. The molecule has 0 radical (unpaired) electrons. The second kappa shape index (κ2) is 10.4. The van der Waals surface area contributed by atoms with E-state index in [0.717, 1.165) is 5.69 Å². The minimum absolute atomic E-state index is 0.0716. The number of hydrogen-bond acceptors (Lipinski definition) is 7. The van der Waals surface area contributed by atoms with Crippen LogP contribution in [0.25, 0.3) is 5.69 Å². The molecule has 9 heteroatoms. The number of ether oxygens (including phenoxy) is 2. The normalized spacial score (nSPS) is 10.5. The summed E-state index contributed by atoms with van der Waals surface area (Å²) in [5.41, 5.74) is 1.40. The number of para-hydroxylation sites is 3. The molecule has 2 aromatic carbocycles. The maximum Gasteiger partial charge on any atom is 0.326 e. The highest BCUT2D eigenvalue weighted by Crippen LogP contribution is 2.27. The number of thioether (sulfide) groups is 1. The molecule has 8 nitrogen and oxygen atoms in total. The molecule has 0 aliphatic rings. The Morgan fingerprint density at radius 2 is 1.83 bits per heavy atom. The second-order valence-electron chi connectivity index (χ2n) is 6.06. The van der Waals surface area contributed by atoms with E-state index >= 15 is 0 Å². The van der Waals surface area contributed by atoms with E-state index < -0.39 is 5.97 Å². The summed E-state index contributed by atoms with van der Waals surface area (Å²) < 4.78 is 12.2. The van der Waals surface area contributed by atoms with E-state index in [1.165, 1.54) is 16.7 Å². The minimum Gasteiger partial charge on any atom is -0.495 e. The fourth-order valence-electron chi connectivity index (χ4n) is 2.79. The van der Waals surface area contributed by atoms with Crippen LogP contribution >= 0.6 is 11.8 Å². The Kier molecular flexibility index (Phi) is 7.45. The van der Waals surface area contributed by atoms with Crippen molar-refractivity contribution < 1.29 is 19.1 Å². The average Bonchev–Trinajstić information content (AvgIpc) is 3.25. The van der Waals surface area contributed by atoms with Crippen LogP contribution in [0.1, 0.15) is 6.92 Å². The molecule has 1 aromatic heterocycles. The molecule has 1 amide bonds. The Hall–Kier alpha value is -3.33. The number of nitrogens with zero attached hydrogens (tertiary/aromatic N) is 4. The zero-order valence-electron chi connectivity index (χ0n) is 16.7. The highest BCUT2D eigenvalue weighted by atomic mass is 32.2. The van der Waals surface area contributed by atoms with Gasteiger partial charge in [-0.05, 0) is 31.2 Å². The van der Waals surface area contributed by atoms with Gasteiger partial charge in [-0.1, -0.05) is 42.1 Å². The van der Waals surface area contributed by atoms with Gasteiger partial charge >= 0.3 is 5.97 Å². The molecule has 156 valence electrons. The second-order valence-corrected chi connectivity index (χ2v) is 7.01. The summed E-state index contributed by atoms with van der Waals surface area (Å²) in [5.74, 6) is 0.0340. The van der Waals surface area contributed by atoms with Crippen LogP contribution in [0.3, 0.4) is 0 Å². The first-order valence-electron chi connectivity index (χ1n) is 9.31. The number of carbonyl (C=O) groups excluding carboxylic acids is 2. The summed E-state index contributed by atoms with van der Waals surface area (Å²) >= 11 is 1.23. The fourth-order valence-corrected chi connectivity index (χ4v) is 3.59. The third kappa shape index (κ3) is 5.18. The van der Waals surface area contributed by atoms with E-state index in [4.69, 9.17) is 9.47 Å². The van der Waals surface area contributed by atoms with Gasteiger partial charge in [0.15, 0.2) is 5.16 Å². The van der Waals surface area contributed by atoms with Gasteiger partial charge in [-0.3, -0.25) is 14.2 Å². The molecule has 0 saturated heterocycles. The van der Waals surface area contributed by atoms with Crippen LogP contribution < -0.4 is 9.64 Å². The van der Waals surface area contributed by atoms with Crippen LogP contribution in [-0.2, 0) is 14.3 Å². The Balaban J connectivity index is 1.76. The third-order valence-corrected chi connectivity index (χ3v) is 5.08. The van der Waals surface area contributed by atoms with Crippen molar-refractivity contribution in [1.29, 1.82) is 0 Å². The van der Waals surface area contributed by atoms with Crippen molar-refractivity contribution in [3.8, 4) is 11.4 Å². The van der Waals surface area contributed by atoms with Crippen LogP contribution in [0.5, 0.6) is 5.75 Å². The highest BCUT2D eigenvalue weighted by molar-refractivity contribution is 7.99. The molecule has 0 aliphatic heterocycles. The first-order chi connectivity index (χ1) is 14.6. The number of hydrogen-bond donors (Lipinski definition) is 0. The van der Waals surface area contributed by atoms with Crippen LogP contribution in [-0.4, -0.2) is 52.7 Å². The molecule has 0 atom stereocenters. The highest BCUT2D eigenvalue weighted by Gasteiger charge is 2.21. The maximum atomic E-state index is 13.0. The van der Waals surface area contributed by atoms with Gasteiger partial charge in [0.25, 0.3) is 0 Å². The van der Waals surface area contributed by atoms with Crippen molar-refractivity contribution in [1.82, 2.24) is 14.8 Å². The quantitative estimate of drug-likeness (QED) is 0.384. The molecule has 0 N–H and O–H groups in total. The lowest BCUT2D eigenvalue weighted by molar-refractivity contribution is -0.142. The zero-order valence-corrected chi connectivity index (χ0v) is 17.5. The van der Waals surface area contributed by atoms with Crippen molar-refractivity contribution >= 4 is 29.3 Å². The molecule has 0 saturated carbocycles. The van der Waals surface area contributed by atoms with Gasteiger partial charge in [0.05, 0.1) is 25.2 Å². The van der Waals surface area contributed by atoms with E-state index in [0.29, 0.717) is 16.6 Å². The van der Waals surface area contributed by atoms with Gasteiger partial charge in [0.1, 0.15) is 18.6 Å². The number of anilines is 1. The monoisotopic (exact) mass is 426 g/mol. The van der Waals surface area contributed by atoms with Gasteiger partial charge in [-0.15, -0.1) is 10.2 Å². The summed E-state index contributed by atoms with van der Waals surface area (Å²) in [5, 5.41) is 8.62. The predicted octanol–water partition coefficient (Wildman–Crippen LogP) is 2.96. The summed E-state index contributed by atoms with van der Waals surface area (Å²) in [7, 11) is 1.59. The number of rotatable bonds is 9. The Morgan fingerprint density at radius 3 is 2.57 bits per heavy atom. The lowest BCUT2D eigenvalue weighted by atomic mass is 10.3. The molecule has 0 fully saturated rings. The van der Waals surface area contributed by atoms with Gasteiger partial charge in [-0.2, -0.15) is 0 Å². The zero-order chi connectivity index (χ0) is 21.3. The molecule has 1 heterocycles. The summed E-state index contributed by atoms with van der Waals surface area (Å²) in [6.45, 7) is 1.83. The van der Waals surface area contributed by atoms with E-state index in [-0.39, 0.29) is 24.8 Å². The average molecular weight is 426 g/mol. The maximum absolute atomic E-state index is 13.0. The largest absolute Gasteiger partial charge is 0.495 e. The smallest absolute Gasteiger partial charge is 0.326 e. The lowest BCUT2D eigenvalue weighted by Gasteiger charge is -2.21. The van der Waals surface area contributed by atoms with Crippen molar-refractivity contribution in [3.05, 3.63) is 60.9 Å². The van der Waals surface area contributed by atoms with Crippen LogP contribution in [0.4, 0.5) is 5.69 Å². The Labute approximate surface area is 178 Å². The summed E-state index contributed by atoms with van der Waals surface area (Å²) in [4.78, 5) is 26.4. The topological polar surface area (TPSA) is 86.5 Å². The molecule has 0 unspecified atom stereocenters. The molecule has 3 rings (SSSR count). The van der Waals surface area contributed by atoms with Gasteiger partial charge in [0, 0.05) is 5.69 Å². The van der Waals surface area contributed by atoms with Crippen LogP contribution in [0.15, 0.2) is 66.1 Å². The van der Waals surface area contributed by atoms with Gasteiger partial charge in [-0.25, -0.2) is 0 Å². The molecule has 0 spiro atoms. The molecular formula is C21H22N4O4S. The Morgan fingerprint density at radius 1 is 1.10 bits per heavy atom. The fraction of sp³-hybridized carbons (Fsp3) is 0.238. The van der Waals surface area contributed by atoms with E-state index in [1.807, 2.05) is 42.5 Å². The number of carbonyl (C=O) groups is 2. The van der Waals surface area contributed by atoms with Crippen molar-refractivity contribution in [2.24, 2.45) is 0 Å².